The molecule has 178 valence electrons. The summed E-state index contributed by atoms with van der Waals surface area (Å²) >= 11 is 10.2. The number of alkyl carbamates (subject to hydrolysis) is 2. The number of amides is 2. The molecule has 1 aromatic rings. The molecule has 1 unspecified atom stereocenters. The molecular weight excluding hydrogens is 628 g/mol. The molecule has 1 aromatic carbocycles. The molecule has 1 spiro atoms. The molecule has 0 saturated carbocycles. The zero-order chi connectivity index (χ0) is 24.4. The molecule has 0 bridgehead atoms. The number of nitrogens with one attached hydrogen (secondary N) is 2. The Kier molecular flexibility index (Phi) is 7.95. The lowest BCUT2D eigenvalue weighted by molar-refractivity contribution is -0.114. The topological polar surface area (TPSA) is 103 Å². The minimum atomic E-state index is -1.06. The molecule has 3 rings (SSSR count). The summed E-state index contributed by atoms with van der Waals surface area (Å²) in [6.45, 7) is 6.20. The molecule has 0 radical (unpaired) electrons. The lowest BCUT2D eigenvalue weighted by Gasteiger charge is -2.34. The first-order chi connectivity index (χ1) is 15.4. The van der Waals surface area contributed by atoms with Crippen molar-refractivity contribution in [3.63, 3.8) is 0 Å². The van der Waals surface area contributed by atoms with Gasteiger partial charge in [0.2, 0.25) is 5.78 Å². The van der Waals surface area contributed by atoms with E-state index in [1.165, 1.54) is 6.08 Å². The zero-order valence-electron chi connectivity index (χ0n) is 18.2. The van der Waals surface area contributed by atoms with Gasteiger partial charge in [0.05, 0.1) is 13.4 Å². The van der Waals surface area contributed by atoms with Crippen LogP contribution < -0.4 is 15.4 Å². The van der Waals surface area contributed by atoms with Gasteiger partial charge in [0, 0.05) is 25.6 Å². The van der Waals surface area contributed by atoms with E-state index in [1.54, 1.807) is 26.8 Å². The highest BCUT2D eigenvalue weighted by Crippen LogP contribution is 2.39. The predicted octanol–water partition coefficient (Wildman–Crippen LogP) is 5.27. The van der Waals surface area contributed by atoms with Crippen LogP contribution in [0.25, 0.3) is 0 Å². The Morgan fingerprint density at radius 1 is 1.18 bits per heavy atom. The number of rotatable bonds is 5. The van der Waals surface area contributed by atoms with E-state index < -0.39 is 23.4 Å². The van der Waals surface area contributed by atoms with Gasteiger partial charge >= 0.3 is 12.2 Å². The van der Waals surface area contributed by atoms with Crippen LogP contribution in [0.15, 0.2) is 43.5 Å². The van der Waals surface area contributed by atoms with Crippen molar-refractivity contribution >= 4 is 65.8 Å². The molecule has 2 amide bonds. The summed E-state index contributed by atoms with van der Waals surface area (Å²) in [6.07, 6.45) is 3.07. The van der Waals surface area contributed by atoms with E-state index in [0.29, 0.717) is 40.6 Å². The highest BCUT2D eigenvalue weighted by Gasteiger charge is 2.40. The number of halogens is 3. The number of ether oxygens (including phenoxy) is 3. The van der Waals surface area contributed by atoms with E-state index in [0.717, 1.165) is 5.56 Å². The van der Waals surface area contributed by atoms with Crippen molar-refractivity contribution < 1.29 is 28.6 Å². The molecule has 33 heavy (non-hydrogen) atoms. The number of benzene rings is 1. The third-order valence-electron chi connectivity index (χ3n) is 4.61. The first kappa shape index (κ1) is 25.8. The molecule has 1 saturated heterocycles. The highest BCUT2D eigenvalue weighted by atomic mass is 79.9. The van der Waals surface area contributed by atoms with Crippen molar-refractivity contribution in [1.29, 1.82) is 0 Å². The van der Waals surface area contributed by atoms with Gasteiger partial charge < -0.3 is 24.8 Å². The van der Waals surface area contributed by atoms with E-state index in [9.17, 15) is 14.4 Å². The van der Waals surface area contributed by atoms with Crippen LogP contribution in [0.3, 0.4) is 0 Å². The number of carbonyl (C=O) groups excluding carboxylic acids is 3. The van der Waals surface area contributed by atoms with Crippen LogP contribution in [0.2, 0.25) is 0 Å². The number of hydrogen-bond acceptors (Lipinski definition) is 6. The Morgan fingerprint density at radius 2 is 1.85 bits per heavy atom. The van der Waals surface area contributed by atoms with E-state index in [1.807, 2.05) is 12.1 Å². The molecule has 1 fully saturated rings. The van der Waals surface area contributed by atoms with Gasteiger partial charge in [-0.25, -0.2) is 9.59 Å². The summed E-state index contributed by atoms with van der Waals surface area (Å²) in [6, 6.07) is 3.69. The van der Waals surface area contributed by atoms with Crippen molar-refractivity contribution in [2.45, 2.75) is 44.8 Å². The number of allylic oxidation sites excluding steroid dienone is 1. The van der Waals surface area contributed by atoms with Gasteiger partial charge in [-0.3, -0.25) is 4.79 Å². The van der Waals surface area contributed by atoms with Crippen LogP contribution in [-0.4, -0.2) is 42.3 Å². The summed E-state index contributed by atoms with van der Waals surface area (Å²) in [5.41, 5.74) is -0.697. The molecule has 1 aliphatic heterocycles. The number of carbonyl (C=O) groups is 3. The maximum atomic E-state index is 12.7. The zero-order valence-corrected chi connectivity index (χ0v) is 23.0. The predicted molar refractivity (Wildman–Crippen MR) is 132 cm³/mol. The van der Waals surface area contributed by atoms with E-state index in [4.69, 9.17) is 14.2 Å². The maximum Gasteiger partial charge on any atom is 0.408 e. The Labute approximate surface area is 216 Å². The van der Waals surface area contributed by atoms with Crippen LogP contribution in [0.1, 0.15) is 32.8 Å². The third kappa shape index (κ3) is 6.83. The van der Waals surface area contributed by atoms with Crippen LogP contribution in [-0.2, 0) is 20.7 Å². The minimum absolute atomic E-state index is 0.0415. The monoisotopic (exact) mass is 648 g/mol. The summed E-state index contributed by atoms with van der Waals surface area (Å²) in [7, 11) is 0. The summed E-state index contributed by atoms with van der Waals surface area (Å²) < 4.78 is 18.1. The minimum Gasteiger partial charge on any atom is -0.451 e. The fourth-order valence-electron chi connectivity index (χ4n) is 3.21. The number of hydrogen-bond donors (Lipinski definition) is 2. The van der Waals surface area contributed by atoms with Gasteiger partial charge in [-0.2, -0.15) is 0 Å². The van der Waals surface area contributed by atoms with Crippen LogP contribution in [0, 0.1) is 0 Å². The molecule has 2 aliphatic rings. The molecular formula is C22H23Br3N2O6. The second kappa shape index (κ2) is 10.2. The average Bonchev–Trinajstić information content (AvgIpc) is 2.67. The first-order valence-corrected chi connectivity index (χ1v) is 12.5. The fourth-order valence-corrected chi connectivity index (χ4v) is 5.24. The fraction of sp³-hybridized carbons (Fsp3) is 0.409. The van der Waals surface area contributed by atoms with Crippen LogP contribution >= 0.6 is 47.8 Å². The Morgan fingerprint density at radius 3 is 2.45 bits per heavy atom. The van der Waals surface area contributed by atoms with Crippen molar-refractivity contribution in [2.75, 3.05) is 13.1 Å². The lowest BCUT2D eigenvalue weighted by atomic mass is 9.91. The van der Waals surface area contributed by atoms with Gasteiger partial charge in [0.15, 0.2) is 17.1 Å². The summed E-state index contributed by atoms with van der Waals surface area (Å²) in [4.78, 5) is 36.2. The molecule has 1 atom stereocenters. The average molecular weight is 651 g/mol. The quantitative estimate of drug-likeness (QED) is 0.450. The maximum absolute atomic E-state index is 12.7. The molecule has 8 nitrogen and oxygen atoms in total. The SMILES string of the molecule is CC(C)(C)OC(=O)NCCc1cc(Br)c(OC2=CC3(C=C(Br)C2=O)CCNC(=O)O3)c(Br)c1. The largest absolute Gasteiger partial charge is 0.451 e. The van der Waals surface area contributed by atoms with Crippen molar-refractivity contribution in [1.82, 2.24) is 10.6 Å². The van der Waals surface area contributed by atoms with E-state index in [-0.39, 0.29) is 16.0 Å². The van der Waals surface area contributed by atoms with E-state index in [2.05, 4.69) is 58.4 Å². The molecule has 1 aliphatic carbocycles. The van der Waals surface area contributed by atoms with Gasteiger partial charge in [-0.1, -0.05) is 0 Å². The van der Waals surface area contributed by atoms with E-state index >= 15 is 0 Å². The number of Topliss-reactive ketones (excluding diaryl/α,β-unsaturated/α-hetero) is 1. The standard InChI is InChI=1S/C22H23Br3N2O6/c1-21(2,3)32-19(29)26-6-4-12-8-13(23)18(14(24)9-12)31-16-11-22(10-15(25)17(16)28)5-7-27-20(30)33-22/h8-11H,4-7H2,1-3H3,(H,26,29)(H,27,30). The Bertz CT molecular complexity index is 1020. The smallest absolute Gasteiger partial charge is 0.408 e. The lowest BCUT2D eigenvalue weighted by Crippen LogP contribution is -2.47. The van der Waals surface area contributed by atoms with Gasteiger partial charge in [0.1, 0.15) is 5.60 Å². The molecule has 1 heterocycles. The van der Waals surface area contributed by atoms with Gasteiger partial charge in [-0.05, 0) is 98.8 Å². The molecule has 11 heteroatoms. The van der Waals surface area contributed by atoms with Crippen LogP contribution in [0.5, 0.6) is 5.75 Å². The third-order valence-corrected chi connectivity index (χ3v) is 6.37. The highest BCUT2D eigenvalue weighted by molar-refractivity contribution is 9.12. The van der Waals surface area contributed by atoms with Crippen molar-refractivity contribution in [2.24, 2.45) is 0 Å². The Balaban J connectivity index is 1.72. The second-order valence-corrected chi connectivity index (χ2v) is 11.1. The second-order valence-electron chi connectivity index (χ2n) is 8.52. The Hall–Kier alpha value is -1.85. The van der Waals surface area contributed by atoms with Crippen molar-refractivity contribution in [3.8, 4) is 5.75 Å². The molecule has 2 N–H and O–H groups in total. The summed E-state index contributed by atoms with van der Waals surface area (Å²) in [5, 5.41) is 5.31. The van der Waals surface area contributed by atoms with Crippen LogP contribution in [0.4, 0.5) is 9.59 Å². The number of ketones is 1. The molecule has 0 aromatic heterocycles. The normalized spacial score (nSPS) is 20.4. The van der Waals surface area contributed by atoms with Gasteiger partial charge in [-0.15, -0.1) is 0 Å². The first-order valence-electron chi connectivity index (χ1n) is 10.1. The van der Waals surface area contributed by atoms with Gasteiger partial charge in [0.25, 0.3) is 0 Å². The summed E-state index contributed by atoms with van der Waals surface area (Å²) in [5.74, 6) is 0.0792. The van der Waals surface area contributed by atoms with Crippen molar-refractivity contribution in [3.05, 3.63) is 49.0 Å².